The zero-order valence-electron chi connectivity index (χ0n) is 14.3. The lowest BCUT2D eigenvalue weighted by atomic mass is 9.95. The normalized spacial score (nSPS) is 12.6. The molecule has 9 heteroatoms. The standard InChI is InChI=1S/C17H20F3N3OS.ClH/c1-10(2)6-13(11-4-3-5-12(7-11)17(18,19)20)23-16(24)14-9-25-15(8-21)22-14;/h3-5,7,9-10,13H,6,8,21H2,1-2H3,(H,23,24);1H. The quantitative estimate of drug-likeness (QED) is 0.737. The number of nitrogens with two attached hydrogens (primary N) is 1. The van der Waals surface area contributed by atoms with Crippen LogP contribution < -0.4 is 11.1 Å². The Balaban J connectivity index is 0.00000338. The summed E-state index contributed by atoms with van der Waals surface area (Å²) in [5.74, 6) is -0.228. The molecule has 0 saturated heterocycles. The minimum Gasteiger partial charge on any atom is -0.344 e. The van der Waals surface area contributed by atoms with E-state index in [0.717, 1.165) is 12.1 Å². The van der Waals surface area contributed by atoms with Crippen LogP contribution in [0.1, 0.15) is 52.9 Å². The summed E-state index contributed by atoms with van der Waals surface area (Å²) in [7, 11) is 0. The zero-order valence-corrected chi connectivity index (χ0v) is 16.0. The van der Waals surface area contributed by atoms with Crippen LogP contribution in [0, 0.1) is 5.92 Å². The van der Waals surface area contributed by atoms with Gasteiger partial charge < -0.3 is 11.1 Å². The van der Waals surface area contributed by atoms with E-state index in [-0.39, 0.29) is 30.6 Å². The van der Waals surface area contributed by atoms with Crippen LogP contribution in [0.4, 0.5) is 13.2 Å². The van der Waals surface area contributed by atoms with Gasteiger partial charge in [-0.15, -0.1) is 23.7 Å². The maximum atomic E-state index is 13.0. The first-order valence-electron chi connectivity index (χ1n) is 7.83. The summed E-state index contributed by atoms with van der Waals surface area (Å²) >= 11 is 1.27. The van der Waals surface area contributed by atoms with E-state index in [2.05, 4.69) is 10.3 Å². The number of halogens is 4. The minimum absolute atomic E-state index is 0. The third-order valence-electron chi connectivity index (χ3n) is 3.59. The number of carbonyl (C=O) groups excluding carboxylic acids is 1. The summed E-state index contributed by atoms with van der Waals surface area (Å²) in [6.45, 7) is 4.13. The molecular weight excluding hydrogens is 387 g/mol. The first-order chi connectivity index (χ1) is 11.7. The molecule has 0 saturated carbocycles. The monoisotopic (exact) mass is 407 g/mol. The highest BCUT2D eigenvalue weighted by Gasteiger charge is 2.31. The Kier molecular flexibility index (Phi) is 8.05. The maximum absolute atomic E-state index is 13.0. The first-order valence-corrected chi connectivity index (χ1v) is 8.71. The Morgan fingerprint density at radius 1 is 1.35 bits per heavy atom. The van der Waals surface area contributed by atoms with Crippen LogP contribution in [0.3, 0.4) is 0 Å². The van der Waals surface area contributed by atoms with Crippen LogP contribution in [-0.2, 0) is 12.7 Å². The zero-order chi connectivity index (χ0) is 18.6. The van der Waals surface area contributed by atoms with Crippen LogP contribution in [0.25, 0.3) is 0 Å². The number of carbonyl (C=O) groups is 1. The van der Waals surface area contributed by atoms with Crippen molar-refractivity contribution < 1.29 is 18.0 Å². The van der Waals surface area contributed by atoms with Crippen LogP contribution in [0.2, 0.25) is 0 Å². The van der Waals surface area contributed by atoms with Crippen LogP contribution in [-0.4, -0.2) is 10.9 Å². The van der Waals surface area contributed by atoms with Gasteiger partial charge in [-0.25, -0.2) is 4.98 Å². The van der Waals surface area contributed by atoms with Gasteiger partial charge in [-0.05, 0) is 30.0 Å². The van der Waals surface area contributed by atoms with Crippen molar-refractivity contribution in [1.82, 2.24) is 10.3 Å². The average Bonchev–Trinajstić information content (AvgIpc) is 3.02. The predicted molar refractivity (Wildman–Crippen MR) is 98.4 cm³/mol. The highest BCUT2D eigenvalue weighted by atomic mass is 35.5. The molecule has 2 aromatic rings. The maximum Gasteiger partial charge on any atom is 0.416 e. The number of thiazole rings is 1. The van der Waals surface area contributed by atoms with Gasteiger partial charge in [-0.1, -0.05) is 26.0 Å². The fourth-order valence-corrected chi connectivity index (χ4v) is 3.08. The van der Waals surface area contributed by atoms with Gasteiger partial charge in [0.1, 0.15) is 10.7 Å². The second-order valence-electron chi connectivity index (χ2n) is 6.11. The van der Waals surface area contributed by atoms with Crippen LogP contribution in [0.15, 0.2) is 29.6 Å². The molecule has 0 aliphatic heterocycles. The second-order valence-corrected chi connectivity index (χ2v) is 7.05. The molecule has 0 radical (unpaired) electrons. The molecule has 1 heterocycles. The fraction of sp³-hybridized carbons (Fsp3) is 0.412. The first kappa shape index (κ1) is 22.4. The van der Waals surface area contributed by atoms with Crippen molar-refractivity contribution in [2.75, 3.05) is 0 Å². The molecule has 4 nitrogen and oxygen atoms in total. The van der Waals surface area contributed by atoms with E-state index in [1.165, 1.54) is 17.4 Å². The van der Waals surface area contributed by atoms with Gasteiger partial charge in [0, 0.05) is 11.9 Å². The largest absolute Gasteiger partial charge is 0.416 e. The van der Waals surface area contributed by atoms with Crippen LogP contribution in [0.5, 0.6) is 0 Å². The highest BCUT2D eigenvalue weighted by molar-refractivity contribution is 7.09. The molecule has 3 N–H and O–H groups in total. The van der Waals surface area contributed by atoms with Crippen molar-refractivity contribution in [2.24, 2.45) is 11.7 Å². The van der Waals surface area contributed by atoms with Gasteiger partial charge in [-0.2, -0.15) is 13.2 Å². The molecule has 1 atom stereocenters. The average molecular weight is 408 g/mol. The topological polar surface area (TPSA) is 68.0 Å². The number of benzene rings is 1. The lowest BCUT2D eigenvalue weighted by Crippen LogP contribution is -2.30. The minimum atomic E-state index is -4.42. The molecule has 0 aliphatic carbocycles. The van der Waals surface area contributed by atoms with Gasteiger partial charge in [-0.3, -0.25) is 4.79 Å². The van der Waals surface area contributed by atoms with Gasteiger partial charge in [0.25, 0.3) is 5.91 Å². The Morgan fingerprint density at radius 2 is 2.04 bits per heavy atom. The van der Waals surface area contributed by atoms with Crippen molar-refractivity contribution in [3.63, 3.8) is 0 Å². The third kappa shape index (κ3) is 5.96. The molecule has 26 heavy (non-hydrogen) atoms. The molecule has 0 spiro atoms. The lowest BCUT2D eigenvalue weighted by Gasteiger charge is -2.21. The second kappa shape index (κ2) is 9.34. The van der Waals surface area contributed by atoms with Crippen molar-refractivity contribution >= 4 is 29.7 Å². The van der Waals surface area contributed by atoms with Gasteiger partial charge in [0.05, 0.1) is 11.6 Å². The van der Waals surface area contributed by atoms with Crippen molar-refractivity contribution in [2.45, 2.75) is 39.0 Å². The molecule has 1 aromatic carbocycles. The molecule has 1 aromatic heterocycles. The number of nitrogens with one attached hydrogen (secondary N) is 1. The molecule has 0 fully saturated rings. The van der Waals surface area contributed by atoms with Gasteiger partial charge >= 0.3 is 6.18 Å². The van der Waals surface area contributed by atoms with Gasteiger partial charge in [0.2, 0.25) is 0 Å². The number of hydrogen-bond acceptors (Lipinski definition) is 4. The number of nitrogens with zero attached hydrogens (tertiary/aromatic N) is 1. The Bertz CT molecular complexity index is 734. The molecule has 0 bridgehead atoms. The molecule has 1 amide bonds. The van der Waals surface area contributed by atoms with Crippen molar-refractivity contribution in [1.29, 1.82) is 0 Å². The molecule has 0 aliphatic rings. The number of rotatable bonds is 6. The molecule has 2 rings (SSSR count). The Hall–Kier alpha value is -1.64. The lowest BCUT2D eigenvalue weighted by molar-refractivity contribution is -0.137. The summed E-state index contributed by atoms with van der Waals surface area (Å²) in [6.07, 6.45) is -3.91. The SMILES string of the molecule is CC(C)CC(NC(=O)c1csc(CN)n1)c1cccc(C(F)(F)F)c1.Cl. The fourth-order valence-electron chi connectivity index (χ4n) is 2.42. The molecule has 144 valence electrons. The van der Waals surface area contributed by atoms with E-state index in [9.17, 15) is 18.0 Å². The predicted octanol–water partition coefficient (Wildman–Crippen LogP) is 4.56. The number of aromatic nitrogens is 1. The summed E-state index contributed by atoms with van der Waals surface area (Å²) in [5.41, 5.74) is 5.41. The molecule has 1 unspecified atom stereocenters. The summed E-state index contributed by atoms with van der Waals surface area (Å²) in [4.78, 5) is 16.5. The third-order valence-corrected chi connectivity index (χ3v) is 4.46. The highest BCUT2D eigenvalue weighted by Crippen LogP contribution is 2.32. The Morgan fingerprint density at radius 3 is 2.58 bits per heavy atom. The summed E-state index contributed by atoms with van der Waals surface area (Å²) in [6, 6.07) is 4.52. The van der Waals surface area contributed by atoms with Crippen molar-refractivity contribution in [3.05, 3.63) is 51.5 Å². The summed E-state index contributed by atoms with van der Waals surface area (Å²) in [5, 5.41) is 5.02. The number of amides is 1. The number of alkyl halides is 3. The van der Waals surface area contributed by atoms with E-state index < -0.39 is 23.7 Å². The smallest absolute Gasteiger partial charge is 0.344 e. The van der Waals surface area contributed by atoms with Crippen LogP contribution >= 0.6 is 23.7 Å². The Labute approximate surface area is 160 Å². The van der Waals surface area contributed by atoms with E-state index in [1.54, 1.807) is 11.4 Å². The molecular formula is C17H21ClF3N3OS. The van der Waals surface area contributed by atoms with E-state index in [0.29, 0.717) is 17.0 Å². The van der Waals surface area contributed by atoms with E-state index >= 15 is 0 Å². The van der Waals surface area contributed by atoms with Gasteiger partial charge in [0.15, 0.2) is 0 Å². The van der Waals surface area contributed by atoms with Crippen molar-refractivity contribution in [3.8, 4) is 0 Å². The van der Waals surface area contributed by atoms with E-state index in [1.807, 2.05) is 13.8 Å². The summed E-state index contributed by atoms with van der Waals surface area (Å²) < 4.78 is 38.9. The number of hydrogen-bond donors (Lipinski definition) is 2. The van der Waals surface area contributed by atoms with E-state index in [4.69, 9.17) is 5.73 Å².